The number of hydrogen-bond donors (Lipinski definition) is 1. The lowest BCUT2D eigenvalue weighted by molar-refractivity contribution is -0.139. The van der Waals surface area contributed by atoms with Crippen molar-refractivity contribution in [3.63, 3.8) is 0 Å². The Morgan fingerprint density at radius 2 is 2.00 bits per heavy atom. The molecule has 0 fully saturated rings. The van der Waals surface area contributed by atoms with Crippen molar-refractivity contribution >= 4 is 45.9 Å². The minimum Gasteiger partial charge on any atom is -0.465 e. The second kappa shape index (κ2) is 9.24. The smallest absolute Gasteiger partial charge is 0.341 e. The number of carbonyl (C=O) groups excluding carboxylic acids is 3. The molecule has 1 aliphatic rings. The maximum atomic E-state index is 12.4. The minimum atomic E-state index is -0.436. The summed E-state index contributed by atoms with van der Waals surface area (Å²) < 4.78 is 9.76. The first kappa shape index (κ1) is 19.8. The number of anilines is 1. The van der Waals surface area contributed by atoms with E-state index >= 15 is 0 Å². The van der Waals surface area contributed by atoms with Gasteiger partial charge in [-0.2, -0.15) is 0 Å². The minimum absolute atomic E-state index is 0.118. The molecule has 1 aliphatic carbocycles. The lowest BCUT2D eigenvalue weighted by Gasteiger charge is -2.13. The number of thiophene rings is 1. The molecule has 25 heavy (non-hydrogen) atoms. The molecule has 138 valence electrons. The van der Waals surface area contributed by atoms with Gasteiger partial charge in [-0.15, -0.1) is 23.1 Å². The van der Waals surface area contributed by atoms with Crippen molar-refractivity contribution in [2.45, 2.75) is 44.8 Å². The summed E-state index contributed by atoms with van der Waals surface area (Å²) in [6.45, 7) is 3.79. The molecule has 1 amide bonds. The van der Waals surface area contributed by atoms with E-state index < -0.39 is 11.2 Å². The van der Waals surface area contributed by atoms with E-state index in [1.54, 1.807) is 13.8 Å². The van der Waals surface area contributed by atoms with Gasteiger partial charge >= 0.3 is 11.9 Å². The van der Waals surface area contributed by atoms with E-state index in [9.17, 15) is 14.4 Å². The Morgan fingerprint density at radius 3 is 2.68 bits per heavy atom. The molecule has 2 rings (SSSR count). The van der Waals surface area contributed by atoms with Gasteiger partial charge in [0.15, 0.2) is 0 Å². The van der Waals surface area contributed by atoms with E-state index in [4.69, 9.17) is 9.47 Å². The van der Waals surface area contributed by atoms with Crippen LogP contribution in [0.5, 0.6) is 0 Å². The summed E-state index contributed by atoms with van der Waals surface area (Å²) in [6.07, 6.45) is 3.88. The van der Waals surface area contributed by atoms with Gasteiger partial charge in [0.1, 0.15) is 5.00 Å². The lowest BCUT2D eigenvalue weighted by atomic mass is 9.95. The molecule has 8 heteroatoms. The standard InChI is InChI=1S/C17H23NO5S2/c1-4-23-13(19)9-24-10(2)15(20)18-16-14(17(21)22-3)11-7-5-6-8-12(11)25-16/h10H,4-9H2,1-3H3,(H,18,20)/t10-/m1/s1. The van der Waals surface area contributed by atoms with Crippen LogP contribution in [0.3, 0.4) is 0 Å². The Labute approximate surface area is 155 Å². The van der Waals surface area contributed by atoms with Crippen LogP contribution < -0.4 is 5.32 Å². The van der Waals surface area contributed by atoms with E-state index in [1.165, 1.54) is 30.2 Å². The fourth-order valence-corrected chi connectivity index (χ4v) is 4.62. The third-order valence-electron chi connectivity index (χ3n) is 3.92. The summed E-state index contributed by atoms with van der Waals surface area (Å²) in [5, 5.41) is 2.96. The van der Waals surface area contributed by atoms with Crippen molar-refractivity contribution in [3.05, 3.63) is 16.0 Å². The van der Waals surface area contributed by atoms with Crippen LogP contribution in [-0.2, 0) is 31.9 Å². The van der Waals surface area contributed by atoms with Gasteiger partial charge in [0.05, 0.1) is 30.3 Å². The fourth-order valence-electron chi connectivity index (χ4n) is 2.66. The van der Waals surface area contributed by atoms with Gasteiger partial charge in [0.25, 0.3) is 0 Å². The van der Waals surface area contributed by atoms with Gasteiger partial charge in [-0.25, -0.2) is 4.79 Å². The van der Waals surface area contributed by atoms with Crippen LogP contribution in [0.1, 0.15) is 47.5 Å². The fraction of sp³-hybridized carbons (Fsp3) is 0.588. The van der Waals surface area contributed by atoms with Gasteiger partial charge in [0, 0.05) is 4.88 Å². The van der Waals surface area contributed by atoms with E-state index in [0.717, 1.165) is 36.1 Å². The second-order valence-electron chi connectivity index (χ2n) is 5.65. The first-order chi connectivity index (χ1) is 12.0. The van der Waals surface area contributed by atoms with Gasteiger partial charge in [0.2, 0.25) is 5.91 Å². The molecule has 0 radical (unpaired) electrons. The average Bonchev–Trinajstić information content (AvgIpc) is 2.96. The van der Waals surface area contributed by atoms with E-state index in [-0.39, 0.29) is 17.6 Å². The predicted molar refractivity (Wildman–Crippen MR) is 99.5 cm³/mol. The Hall–Kier alpha value is -1.54. The van der Waals surface area contributed by atoms with Crippen LogP contribution >= 0.6 is 23.1 Å². The van der Waals surface area contributed by atoms with Crippen molar-refractivity contribution in [2.75, 3.05) is 24.8 Å². The molecule has 0 saturated heterocycles. The number of thioether (sulfide) groups is 1. The number of amides is 1. The van der Waals surface area contributed by atoms with Crippen LogP contribution in [-0.4, -0.2) is 42.6 Å². The summed E-state index contributed by atoms with van der Waals surface area (Å²) in [5.41, 5.74) is 1.49. The van der Waals surface area contributed by atoms with Crippen molar-refractivity contribution in [2.24, 2.45) is 0 Å². The molecular weight excluding hydrogens is 362 g/mol. The van der Waals surface area contributed by atoms with Crippen LogP contribution in [0.2, 0.25) is 0 Å². The van der Waals surface area contributed by atoms with Crippen LogP contribution in [0.25, 0.3) is 0 Å². The highest BCUT2D eigenvalue weighted by molar-refractivity contribution is 8.01. The summed E-state index contributed by atoms with van der Waals surface area (Å²) in [4.78, 5) is 37.2. The monoisotopic (exact) mass is 385 g/mol. The van der Waals surface area contributed by atoms with Crippen LogP contribution in [0, 0.1) is 0 Å². The summed E-state index contributed by atoms with van der Waals surface area (Å²) >= 11 is 2.66. The van der Waals surface area contributed by atoms with Gasteiger partial charge in [-0.3, -0.25) is 9.59 Å². The number of ether oxygens (including phenoxy) is 2. The normalized spacial score (nSPS) is 14.4. The molecule has 6 nitrogen and oxygen atoms in total. The first-order valence-electron chi connectivity index (χ1n) is 8.28. The predicted octanol–water partition coefficient (Wildman–Crippen LogP) is 3.04. The molecule has 1 aromatic heterocycles. The summed E-state index contributed by atoms with van der Waals surface area (Å²) in [5.74, 6) is -0.874. The zero-order valence-electron chi connectivity index (χ0n) is 14.7. The number of esters is 2. The van der Waals surface area contributed by atoms with Crippen molar-refractivity contribution in [1.29, 1.82) is 0 Å². The number of hydrogen-bond acceptors (Lipinski definition) is 7. The first-order valence-corrected chi connectivity index (χ1v) is 10.1. The van der Waals surface area contributed by atoms with Gasteiger partial charge < -0.3 is 14.8 Å². The summed E-state index contributed by atoms with van der Waals surface area (Å²) in [7, 11) is 1.35. The quantitative estimate of drug-likeness (QED) is 0.727. The molecule has 0 saturated carbocycles. The van der Waals surface area contributed by atoms with Crippen LogP contribution in [0.4, 0.5) is 5.00 Å². The number of nitrogens with one attached hydrogen (secondary N) is 1. The molecule has 0 spiro atoms. The molecule has 0 unspecified atom stereocenters. The number of carbonyl (C=O) groups is 3. The van der Waals surface area contributed by atoms with E-state index in [0.29, 0.717) is 17.2 Å². The SMILES string of the molecule is CCOC(=O)CS[C@H](C)C(=O)Nc1sc2c(c1C(=O)OC)CCCC2. The van der Waals surface area contributed by atoms with Crippen molar-refractivity contribution in [1.82, 2.24) is 0 Å². The highest BCUT2D eigenvalue weighted by Gasteiger charge is 2.28. The molecule has 1 atom stereocenters. The Bertz CT molecular complexity index is 656. The molecule has 0 aromatic carbocycles. The highest BCUT2D eigenvalue weighted by Crippen LogP contribution is 2.38. The second-order valence-corrected chi connectivity index (χ2v) is 8.09. The Kier molecular flexibility index (Phi) is 7.31. The molecule has 1 aromatic rings. The summed E-state index contributed by atoms with van der Waals surface area (Å²) in [6, 6.07) is 0. The third kappa shape index (κ3) is 4.98. The van der Waals surface area contributed by atoms with E-state index in [1.807, 2.05) is 0 Å². The van der Waals surface area contributed by atoms with Crippen LogP contribution in [0.15, 0.2) is 0 Å². The van der Waals surface area contributed by atoms with E-state index in [2.05, 4.69) is 5.32 Å². The number of methoxy groups -OCH3 is 1. The number of aryl methyl sites for hydroxylation is 1. The zero-order valence-corrected chi connectivity index (χ0v) is 16.3. The Balaban J connectivity index is 2.08. The van der Waals surface area contributed by atoms with Crippen molar-refractivity contribution in [3.8, 4) is 0 Å². The lowest BCUT2D eigenvalue weighted by Crippen LogP contribution is -2.24. The highest BCUT2D eigenvalue weighted by atomic mass is 32.2. The number of fused-ring (bicyclic) bond motifs is 1. The zero-order chi connectivity index (χ0) is 18.4. The third-order valence-corrected chi connectivity index (χ3v) is 6.25. The van der Waals surface area contributed by atoms with Gasteiger partial charge in [-0.1, -0.05) is 0 Å². The maximum Gasteiger partial charge on any atom is 0.341 e. The average molecular weight is 386 g/mol. The largest absolute Gasteiger partial charge is 0.465 e. The maximum absolute atomic E-state index is 12.4. The molecular formula is C17H23NO5S2. The molecule has 0 aliphatic heterocycles. The molecule has 1 N–H and O–H groups in total. The topological polar surface area (TPSA) is 81.7 Å². The molecule has 0 bridgehead atoms. The number of rotatable bonds is 7. The van der Waals surface area contributed by atoms with Gasteiger partial charge in [-0.05, 0) is 45.1 Å². The van der Waals surface area contributed by atoms with Crippen molar-refractivity contribution < 1.29 is 23.9 Å². The molecule has 1 heterocycles. The Morgan fingerprint density at radius 1 is 1.28 bits per heavy atom.